The van der Waals surface area contributed by atoms with Crippen LogP contribution in [0.25, 0.3) is 0 Å². The summed E-state index contributed by atoms with van der Waals surface area (Å²) in [4.78, 5) is 43.4. The first-order valence-corrected chi connectivity index (χ1v) is 12.0. The van der Waals surface area contributed by atoms with Crippen molar-refractivity contribution >= 4 is 29.2 Å². The van der Waals surface area contributed by atoms with E-state index >= 15 is 0 Å². The Balaban J connectivity index is 1.93. The van der Waals surface area contributed by atoms with E-state index in [4.69, 9.17) is 5.73 Å². The van der Waals surface area contributed by atoms with E-state index in [1.165, 1.54) is 21.2 Å². The summed E-state index contributed by atoms with van der Waals surface area (Å²) in [7, 11) is 0. The molecule has 174 valence electrons. The molecule has 0 aliphatic rings. The number of rotatable bonds is 9. The maximum absolute atomic E-state index is 13.3. The van der Waals surface area contributed by atoms with Crippen LogP contribution in [0.5, 0.6) is 0 Å². The van der Waals surface area contributed by atoms with Gasteiger partial charge in [0.05, 0.1) is 12.3 Å². The molecular formula is C25H30N4O3S. The fraction of sp³-hybridized carbons (Fsp3) is 0.320. The number of aryl methyl sites for hydroxylation is 2. The number of benzene rings is 2. The Kier molecular flexibility index (Phi) is 8.16. The van der Waals surface area contributed by atoms with E-state index in [0.29, 0.717) is 13.0 Å². The largest absolute Gasteiger partial charge is 0.383 e. The molecule has 1 aromatic heterocycles. The van der Waals surface area contributed by atoms with Gasteiger partial charge in [-0.25, -0.2) is 4.79 Å². The van der Waals surface area contributed by atoms with E-state index in [2.05, 4.69) is 11.1 Å². The minimum Gasteiger partial charge on any atom is -0.383 e. The number of unbranched alkanes of at least 4 members (excludes halogenated alkanes) is 1. The fourth-order valence-electron chi connectivity index (χ4n) is 3.62. The number of nitrogens with one attached hydrogen (secondary N) is 1. The summed E-state index contributed by atoms with van der Waals surface area (Å²) < 4.78 is 1.30. The molecule has 0 bridgehead atoms. The summed E-state index contributed by atoms with van der Waals surface area (Å²) in [6.45, 7) is 6.59. The highest BCUT2D eigenvalue weighted by Crippen LogP contribution is 2.25. The van der Waals surface area contributed by atoms with E-state index in [1.807, 2.05) is 63.2 Å². The van der Waals surface area contributed by atoms with Crippen molar-refractivity contribution in [3.63, 3.8) is 0 Å². The lowest BCUT2D eigenvalue weighted by Crippen LogP contribution is -2.42. The van der Waals surface area contributed by atoms with Gasteiger partial charge >= 0.3 is 5.69 Å². The van der Waals surface area contributed by atoms with Crippen molar-refractivity contribution in [2.75, 3.05) is 22.9 Å². The summed E-state index contributed by atoms with van der Waals surface area (Å²) in [5.41, 5.74) is 8.24. The lowest BCUT2D eigenvalue weighted by Gasteiger charge is -2.24. The Hall–Kier alpha value is -3.26. The number of hydrogen-bond acceptors (Lipinski definition) is 5. The summed E-state index contributed by atoms with van der Waals surface area (Å²) >= 11 is 1.43. The molecule has 0 saturated carbocycles. The number of H-pyrrole nitrogens is 1. The topological polar surface area (TPSA) is 101 Å². The van der Waals surface area contributed by atoms with Crippen molar-refractivity contribution in [2.24, 2.45) is 0 Å². The molecule has 0 spiro atoms. The lowest BCUT2D eigenvalue weighted by atomic mass is 10.2. The van der Waals surface area contributed by atoms with Crippen molar-refractivity contribution < 1.29 is 4.79 Å². The van der Waals surface area contributed by atoms with Crippen molar-refractivity contribution in [1.82, 2.24) is 9.55 Å². The van der Waals surface area contributed by atoms with Crippen LogP contribution in [0.4, 0.5) is 11.5 Å². The normalized spacial score (nSPS) is 10.9. The second kappa shape index (κ2) is 11.0. The van der Waals surface area contributed by atoms with Gasteiger partial charge in [0.2, 0.25) is 5.91 Å². The first-order valence-electron chi connectivity index (χ1n) is 11.0. The average molecular weight is 467 g/mol. The van der Waals surface area contributed by atoms with Crippen LogP contribution < -0.4 is 21.9 Å². The molecule has 7 nitrogen and oxygen atoms in total. The standard InChI is InChI=1S/C25H30N4O3S/c1-4-5-13-28(21(30)16-33-20-12-11-17(2)14-18(20)3)22-23(26)29(25(32)27-24(22)31)15-19-9-7-6-8-10-19/h6-12,14H,4-5,13,15-16,26H2,1-3H3,(H,27,31,32). The number of aromatic amines is 1. The molecule has 1 heterocycles. The second-order valence-corrected chi connectivity index (χ2v) is 9.04. The number of carbonyl (C=O) groups is 1. The number of nitrogens with zero attached hydrogens (tertiary/aromatic N) is 2. The van der Waals surface area contributed by atoms with Gasteiger partial charge in [-0.05, 0) is 37.5 Å². The zero-order chi connectivity index (χ0) is 24.0. The Morgan fingerprint density at radius 2 is 1.85 bits per heavy atom. The molecule has 3 aromatic rings. The number of aromatic nitrogens is 2. The first-order chi connectivity index (χ1) is 15.8. The summed E-state index contributed by atoms with van der Waals surface area (Å²) in [6, 6.07) is 15.4. The molecule has 33 heavy (non-hydrogen) atoms. The molecular weight excluding hydrogens is 436 g/mol. The number of amides is 1. The van der Waals surface area contributed by atoms with Crippen LogP contribution in [-0.2, 0) is 11.3 Å². The van der Waals surface area contributed by atoms with Gasteiger partial charge in [0, 0.05) is 11.4 Å². The van der Waals surface area contributed by atoms with Gasteiger partial charge in [-0.1, -0.05) is 61.4 Å². The van der Waals surface area contributed by atoms with Gasteiger partial charge in [0.1, 0.15) is 5.82 Å². The van der Waals surface area contributed by atoms with E-state index < -0.39 is 11.2 Å². The van der Waals surface area contributed by atoms with E-state index in [-0.39, 0.29) is 29.7 Å². The maximum atomic E-state index is 13.3. The monoisotopic (exact) mass is 466 g/mol. The van der Waals surface area contributed by atoms with Crippen LogP contribution >= 0.6 is 11.8 Å². The van der Waals surface area contributed by atoms with E-state index in [0.717, 1.165) is 28.0 Å². The van der Waals surface area contributed by atoms with Crippen LogP contribution in [0, 0.1) is 13.8 Å². The minimum absolute atomic E-state index is 0.00595. The van der Waals surface area contributed by atoms with Crippen molar-refractivity contribution in [3.8, 4) is 0 Å². The van der Waals surface area contributed by atoms with E-state index in [9.17, 15) is 14.4 Å². The quantitative estimate of drug-likeness (QED) is 0.468. The van der Waals surface area contributed by atoms with Gasteiger partial charge in [0.25, 0.3) is 5.56 Å². The minimum atomic E-state index is -0.650. The zero-order valence-corrected chi connectivity index (χ0v) is 20.1. The van der Waals surface area contributed by atoms with Crippen LogP contribution in [0.15, 0.2) is 63.0 Å². The summed E-state index contributed by atoms with van der Waals surface area (Å²) in [5.74, 6) is -0.0753. The Labute approximate surface area is 197 Å². The third-order valence-electron chi connectivity index (χ3n) is 5.39. The SMILES string of the molecule is CCCCN(C(=O)CSc1ccc(C)cc1C)c1c(N)n(Cc2ccccc2)c(=O)[nH]c1=O. The molecule has 1 amide bonds. The van der Waals surface area contributed by atoms with Crippen molar-refractivity contribution in [1.29, 1.82) is 0 Å². The number of carbonyl (C=O) groups excluding carboxylic acids is 1. The van der Waals surface area contributed by atoms with Crippen LogP contribution in [0.2, 0.25) is 0 Å². The molecule has 0 atom stereocenters. The molecule has 2 aromatic carbocycles. The third kappa shape index (κ3) is 5.96. The number of nitrogens with two attached hydrogens (primary N) is 1. The number of anilines is 2. The Morgan fingerprint density at radius 3 is 2.52 bits per heavy atom. The van der Waals surface area contributed by atoms with Gasteiger partial charge < -0.3 is 10.6 Å². The highest BCUT2D eigenvalue weighted by Gasteiger charge is 2.24. The second-order valence-electron chi connectivity index (χ2n) is 8.02. The van der Waals surface area contributed by atoms with Crippen molar-refractivity contribution in [2.45, 2.75) is 45.1 Å². The Morgan fingerprint density at radius 1 is 1.12 bits per heavy atom. The van der Waals surface area contributed by atoms with Gasteiger partial charge in [-0.3, -0.25) is 19.1 Å². The maximum Gasteiger partial charge on any atom is 0.330 e. The summed E-state index contributed by atoms with van der Waals surface area (Å²) in [5, 5.41) is 0. The lowest BCUT2D eigenvalue weighted by molar-refractivity contribution is -0.116. The van der Waals surface area contributed by atoms with Crippen LogP contribution in [0.3, 0.4) is 0 Å². The Bertz CT molecular complexity index is 1230. The molecule has 8 heteroatoms. The molecule has 0 saturated heterocycles. The molecule has 0 aliphatic carbocycles. The van der Waals surface area contributed by atoms with Gasteiger partial charge in [-0.2, -0.15) is 0 Å². The molecule has 0 aliphatic heterocycles. The molecule has 0 fully saturated rings. The first kappa shape index (κ1) is 24.4. The number of hydrogen-bond donors (Lipinski definition) is 2. The van der Waals surface area contributed by atoms with E-state index in [1.54, 1.807) is 0 Å². The van der Waals surface area contributed by atoms with Gasteiger partial charge in [-0.15, -0.1) is 11.8 Å². The predicted molar refractivity (Wildman–Crippen MR) is 135 cm³/mol. The molecule has 3 rings (SSSR count). The fourth-order valence-corrected chi connectivity index (χ4v) is 4.50. The highest BCUT2D eigenvalue weighted by atomic mass is 32.2. The summed E-state index contributed by atoms with van der Waals surface area (Å²) in [6.07, 6.45) is 1.55. The number of nitrogen functional groups attached to an aromatic ring is 1. The zero-order valence-electron chi connectivity index (χ0n) is 19.3. The predicted octanol–water partition coefficient (Wildman–Crippen LogP) is 3.71. The van der Waals surface area contributed by atoms with Crippen LogP contribution in [0.1, 0.15) is 36.5 Å². The molecule has 3 N–H and O–H groups in total. The van der Waals surface area contributed by atoms with Gasteiger partial charge in [0.15, 0.2) is 5.69 Å². The van der Waals surface area contributed by atoms with Crippen molar-refractivity contribution in [3.05, 3.63) is 86.1 Å². The average Bonchev–Trinajstić information content (AvgIpc) is 2.78. The number of thioether (sulfide) groups is 1. The molecule has 0 radical (unpaired) electrons. The highest BCUT2D eigenvalue weighted by molar-refractivity contribution is 8.00. The molecule has 0 unspecified atom stereocenters. The third-order valence-corrected chi connectivity index (χ3v) is 6.55. The smallest absolute Gasteiger partial charge is 0.330 e. The van der Waals surface area contributed by atoms with Crippen LogP contribution in [-0.4, -0.2) is 27.8 Å².